The second-order valence-corrected chi connectivity index (χ2v) is 5.27. The molecule has 0 saturated carbocycles. The van der Waals surface area contributed by atoms with Crippen molar-refractivity contribution in [1.29, 1.82) is 0 Å². The van der Waals surface area contributed by atoms with Crippen LogP contribution in [0.1, 0.15) is 30.0 Å². The minimum absolute atomic E-state index is 0.0244. The first-order valence-electron chi connectivity index (χ1n) is 6.12. The van der Waals surface area contributed by atoms with Crippen molar-refractivity contribution in [3.05, 3.63) is 63.7 Å². The number of rotatable bonds is 1. The Kier molecular flexibility index (Phi) is 2.01. The molecule has 1 atom stereocenters. The van der Waals surface area contributed by atoms with Gasteiger partial charge in [0.2, 0.25) is 0 Å². The molecule has 1 aromatic rings. The molecule has 1 heterocycles. The van der Waals surface area contributed by atoms with E-state index in [1.54, 1.807) is 0 Å². The molecule has 1 saturated heterocycles. The predicted octanol–water partition coefficient (Wildman–Crippen LogP) is 4.58. The molecule has 3 heteroatoms. The first-order chi connectivity index (χ1) is 8.75. The molecule has 2 aliphatic carbocycles. The summed E-state index contributed by atoms with van der Waals surface area (Å²) < 4.78 is 13.7. The highest BCUT2D eigenvalue weighted by Gasteiger charge is 2.44. The van der Waals surface area contributed by atoms with Crippen molar-refractivity contribution in [2.45, 2.75) is 18.9 Å². The lowest BCUT2D eigenvalue weighted by Crippen LogP contribution is -2.03. The molecule has 18 heavy (non-hydrogen) atoms. The molecule has 0 bridgehead atoms. The van der Waals surface area contributed by atoms with E-state index in [-0.39, 0.29) is 11.9 Å². The van der Waals surface area contributed by atoms with Crippen molar-refractivity contribution < 1.29 is 4.39 Å². The first-order valence-corrected chi connectivity index (χ1v) is 6.49. The van der Waals surface area contributed by atoms with Gasteiger partial charge in [-0.2, -0.15) is 0 Å². The molecule has 1 nitrogen and oxygen atoms in total. The maximum absolute atomic E-state index is 13.7. The molecule has 3 aliphatic rings. The Morgan fingerprint density at radius 3 is 3.06 bits per heavy atom. The molecule has 1 aromatic carbocycles. The maximum atomic E-state index is 13.7. The standard InChI is InChI=1S/C15H11ClFN/c16-10-6-4-9-5-7-13(11(9)8-10)18-14-3-1-2-12(17)15(14)18/h3-8,13H,1-2H2. The monoisotopic (exact) mass is 259 g/mol. The SMILES string of the molecule is FC1=C2C(=CCC1)N2C1C=Cc2ccc(Cl)cc21. The van der Waals surface area contributed by atoms with Crippen LogP contribution in [-0.4, -0.2) is 4.90 Å². The fourth-order valence-corrected chi connectivity index (χ4v) is 3.06. The van der Waals surface area contributed by atoms with Gasteiger partial charge in [-0.25, -0.2) is 4.39 Å². The number of benzene rings is 1. The summed E-state index contributed by atoms with van der Waals surface area (Å²) in [6, 6.07) is 6.00. The second kappa shape index (κ2) is 3.48. The number of nitrogens with zero attached hydrogens (tertiary/aromatic N) is 1. The van der Waals surface area contributed by atoms with Crippen LogP contribution in [0, 0.1) is 0 Å². The Morgan fingerprint density at radius 2 is 2.22 bits per heavy atom. The summed E-state index contributed by atoms with van der Waals surface area (Å²) in [6.45, 7) is 0. The summed E-state index contributed by atoms with van der Waals surface area (Å²) in [5.74, 6) is 0.0244. The van der Waals surface area contributed by atoms with Gasteiger partial charge in [0.15, 0.2) is 0 Å². The van der Waals surface area contributed by atoms with Crippen molar-refractivity contribution >= 4 is 17.7 Å². The van der Waals surface area contributed by atoms with E-state index in [4.69, 9.17) is 11.6 Å². The average molecular weight is 260 g/mol. The van der Waals surface area contributed by atoms with Gasteiger partial charge in [0, 0.05) is 11.4 Å². The Labute approximate surface area is 110 Å². The van der Waals surface area contributed by atoms with Crippen LogP contribution in [0.2, 0.25) is 5.02 Å². The van der Waals surface area contributed by atoms with Gasteiger partial charge in [0.25, 0.3) is 0 Å². The van der Waals surface area contributed by atoms with Crippen molar-refractivity contribution in [2.24, 2.45) is 0 Å². The minimum atomic E-state index is 0.0244. The lowest BCUT2D eigenvalue weighted by Gasteiger charge is -2.12. The number of hydrogen-bond acceptors (Lipinski definition) is 1. The highest BCUT2D eigenvalue weighted by molar-refractivity contribution is 6.30. The highest BCUT2D eigenvalue weighted by Crippen LogP contribution is 2.53. The fourth-order valence-electron chi connectivity index (χ4n) is 2.88. The summed E-state index contributed by atoms with van der Waals surface area (Å²) in [5.41, 5.74) is 4.19. The normalized spacial score (nSPS) is 24.0. The van der Waals surface area contributed by atoms with Crippen LogP contribution in [-0.2, 0) is 0 Å². The van der Waals surface area contributed by atoms with Crippen LogP contribution in [0.5, 0.6) is 0 Å². The van der Waals surface area contributed by atoms with Gasteiger partial charge in [-0.15, -0.1) is 0 Å². The quantitative estimate of drug-likeness (QED) is 0.667. The summed E-state index contributed by atoms with van der Waals surface area (Å²) in [7, 11) is 0. The van der Waals surface area contributed by atoms with Crippen molar-refractivity contribution in [2.75, 3.05) is 0 Å². The van der Waals surface area contributed by atoms with E-state index < -0.39 is 0 Å². The van der Waals surface area contributed by atoms with Gasteiger partial charge < -0.3 is 4.90 Å². The molecule has 1 unspecified atom stereocenters. The van der Waals surface area contributed by atoms with E-state index in [1.807, 2.05) is 18.2 Å². The van der Waals surface area contributed by atoms with Gasteiger partial charge in [-0.3, -0.25) is 0 Å². The lowest BCUT2D eigenvalue weighted by atomic mass is 10.1. The third kappa shape index (κ3) is 1.33. The summed E-state index contributed by atoms with van der Waals surface area (Å²) in [6.07, 6.45) is 7.66. The van der Waals surface area contributed by atoms with Crippen LogP contribution in [0.3, 0.4) is 0 Å². The molecule has 90 valence electrons. The van der Waals surface area contributed by atoms with Crippen LogP contribution in [0.25, 0.3) is 6.08 Å². The molecular weight excluding hydrogens is 249 g/mol. The van der Waals surface area contributed by atoms with Gasteiger partial charge in [-0.05, 0) is 29.7 Å². The highest BCUT2D eigenvalue weighted by atomic mass is 35.5. The lowest BCUT2D eigenvalue weighted by molar-refractivity contribution is 0.516. The van der Waals surface area contributed by atoms with Crippen LogP contribution < -0.4 is 0 Å². The number of allylic oxidation sites excluding steroid dienone is 2. The third-order valence-corrected chi connectivity index (χ3v) is 3.99. The molecule has 0 spiro atoms. The summed E-state index contributed by atoms with van der Waals surface area (Å²) in [5, 5.41) is 0.732. The zero-order valence-electron chi connectivity index (χ0n) is 9.66. The van der Waals surface area contributed by atoms with Crippen molar-refractivity contribution in [3.8, 4) is 0 Å². The third-order valence-electron chi connectivity index (χ3n) is 3.76. The first kappa shape index (κ1) is 10.4. The number of hydrogen-bond donors (Lipinski definition) is 0. The molecule has 0 amide bonds. The predicted molar refractivity (Wildman–Crippen MR) is 70.5 cm³/mol. The molecule has 4 rings (SSSR count). The van der Waals surface area contributed by atoms with Gasteiger partial charge in [-0.1, -0.05) is 35.9 Å². The molecule has 0 aromatic heterocycles. The molecule has 0 N–H and O–H groups in total. The van der Waals surface area contributed by atoms with Gasteiger partial charge >= 0.3 is 0 Å². The van der Waals surface area contributed by atoms with Crippen molar-refractivity contribution in [1.82, 2.24) is 4.90 Å². The van der Waals surface area contributed by atoms with Crippen LogP contribution >= 0.6 is 11.6 Å². The van der Waals surface area contributed by atoms with Crippen molar-refractivity contribution in [3.63, 3.8) is 0 Å². The van der Waals surface area contributed by atoms with E-state index in [2.05, 4.69) is 23.1 Å². The largest absolute Gasteiger partial charge is 0.325 e. The molecule has 1 fully saturated rings. The van der Waals surface area contributed by atoms with Crippen LogP contribution in [0.15, 0.2) is 47.6 Å². The van der Waals surface area contributed by atoms with Gasteiger partial charge in [0.1, 0.15) is 5.83 Å². The van der Waals surface area contributed by atoms with E-state index in [0.717, 1.165) is 28.4 Å². The number of fused-ring (bicyclic) bond motifs is 2. The number of halogens is 2. The zero-order valence-corrected chi connectivity index (χ0v) is 10.4. The van der Waals surface area contributed by atoms with Crippen LogP contribution in [0.4, 0.5) is 4.39 Å². The second-order valence-electron chi connectivity index (χ2n) is 4.83. The average Bonchev–Trinajstić information content (AvgIpc) is 2.95. The topological polar surface area (TPSA) is 3.01 Å². The Hall–Kier alpha value is -1.54. The Bertz CT molecular complexity index is 642. The van der Waals surface area contributed by atoms with E-state index in [1.165, 1.54) is 5.56 Å². The fraction of sp³-hybridized carbons (Fsp3) is 0.200. The Balaban J connectivity index is 1.77. The Morgan fingerprint density at radius 1 is 1.33 bits per heavy atom. The van der Waals surface area contributed by atoms with E-state index in [0.29, 0.717) is 6.42 Å². The summed E-state index contributed by atoms with van der Waals surface area (Å²) >= 11 is 6.05. The van der Waals surface area contributed by atoms with E-state index >= 15 is 0 Å². The van der Waals surface area contributed by atoms with E-state index in [9.17, 15) is 4.39 Å². The smallest absolute Gasteiger partial charge is 0.126 e. The molecule has 1 aliphatic heterocycles. The zero-order chi connectivity index (χ0) is 12.3. The minimum Gasteiger partial charge on any atom is -0.325 e. The van der Waals surface area contributed by atoms with Gasteiger partial charge in [0.05, 0.1) is 17.4 Å². The summed E-state index contributed by atoms with van der Waals surface area (Å²) in [4.78, 5) is 2.07. The molecule has 0 radical (unpaired) electrons. The maximum Gasteiger partial charge on any atom is 0.126 e. The molecular formula is C15H11ClFN.